The van der Waals surface area contributed by atoms with Crippen molar-refractivity contribution < 1.29 is 19.1 Å². The van der Waals surface area contributed by atoms with Crippen molar-refractivity contribution in [2.45, 2.75) is 71.5 Å². The van der Waals surface area contributed by atoms with Gasteiger partial charge in [-0.15, -0.1) is 0 Å². The van der Waals surface area contributed by atoms with E-state index in [1.165, 1.54) is 0 Å². The van der Waals surface area contributed by atoms with Gasteiger partial charge in [-0.25, -0.2) is 4.79 Å². The Hall–Kier alpha value is -1.06. The minimum Gasteiger partial charge on any atom is -0.457 e. The van der Waals surface area contributed by atoms with Crippen LogP contribution in [-0.4, -0.2) is 23.6 Å². The van der Waals surface area contributed by atoms with Crippen molar-refractivity contribution in [1.82, 2.24) is 0 Å². The van der Waals surface area contributed by atoms with Gasteiger partial charge in [0.25, 0.3) is 0 Å². The maximum absolute atomic E-state index is 11.9. The van der Waals surface area contributed by atoms with Crippen LogP contribution in [-0.2, 0) is 19.1 Å². The van der Waals surface area contributed by atoms with Crippen molar-refractivity contribution in [2.75, 3.05) is 0 Å². The van der Waals surface area contributed by atoms with Crippen LogP contribution in [0.1, 0.15) is 59.8 Å². The second-order valence-corrected chi connectivity index (χ2v) is 5.66. The van der Waals surface area contributed by atoms with E-state index >= 15 is 0 Å². The fourth-order valence-electron chi connectivity index (χ4n) is 1.92. The van der Waals surface area contributed by atoms with Gasteiger partial charge >= 0.3 is 11.9 Å². The third-order valence-electron chi connectivity index (χ3n) is 3.41. The molecule has 2 atom stereocenters. The van der Waals surface area contributed by atoms with E-state index in [-0.39, 0.29) is 11.9 Å². The number of carbonyl (C=O) groups is 2. The molecule has 0 aromatic heterocycles. The Morgan fingerprint density at radius 2 is 2.17 bits per heavy atom. The first-order valence-electron chi connectivity index (χ1n) is 6.79. The summed E-state index contributed by atoms with van der Waals surface area (Å²) in [7, 11) is 0. The largest absolute Gasteiger partial charge is 0.457 e. The van der Waals surface area contributed by atoms with Gasteiger partial charge < -0.3 is 9.47 Å². The maximum atomic E-state index is 11.9. The molecule has 2 unspecified atom stereocenters. The average Bonchev–Trinajstić information content (AvgIpc) is 2.29. The van der Waals surface area contributed by atoms with Crippen molar-refractivity contribution in [3.8, 4) is 0 Å². The molecule has 1 aliphatic heterocycles. The van der Waals surface area contributed by atoms with E-state index in [1.54, 1.807) is 6.92 Å². The van der Waals surface area contributed by atoms with Crippen molar-refractivity contribution >= 4 is 11.9 Å². The molecule has 1 saturated heterocycles. The van der Waals surface area contributed by atoms with E-state index in [2.05, 4.69) is 0 Å². The average molecular weight is 256 g/mol. The van der Waals surface area contributed by atoms with Gasteiger partial charge in [0.15, 0.2) is 6.10 Å². The SMILES string of the molecule is CCC(C)C(=O)OC1CCCCC(C)(C)OC1=O. The normalized spacial score (nSPS) is 25.6. The Labute approximate surface area is 109 Å². The summed E-state index contributed by atoms with van der Waals surface area (Å²) in [5.41, 5.74) is -0.460. The highest BCUT2D eigenvalue weighted by molar-refractivity contribution is 5.80. The first kappa shape index (κ1) is 15.0. The van der Waals surface area contributed by atoms with Crippen molar-refractivity contribution in [1.29, 1.82) is 0 Å². The third-order valence-corrected chi connectivity index (χ3v) is 3.41. The molecule has 1 aliphatic rings. The molecule has 18 heavy (non-hydrogen) atoms. The van der Waals surface area contributed by atoms with Gasteiger partial charge in [-0.3, -0.25) is 4.79 Å². The second-order valence-electron chi connectivity index (χ2n) is 5.66. The highest BCUT2D eigenvalue weighted by Gasteiger charge is 2.33. The van der Waals surface area contributed by atoms with Crippen LogP contribution < -0.4 is 0 Å². The number of cyclic esters (lactones) is 1. The minimum absolute atomic E-state index is 0.170. The number of carbonyl (C=O) groups excluding carboxylic acids is 2. The smallest absolute Gasteiger partial charge is 0.347 e. The minimum atomic E-state index is -0.730. The summed E-state index contributed by atoms with van der Waals surface area (Å²) < 4.78 is 10.7. The molecule has 4 heteroatoms. The molecule has 4 nitrogen and oxygen atoms in total. The third kappa shape index (κ3) is 4.31. The predicted molar refractivity (Wildman–Crippen MR) is 68.0 cm³/mol. The number of esters is 2. The van der Waals surface area contributed by atoms with Crippen LogP contribution in [0.3, 0.4) is 0 Å². The quantitative estimate of drug-likeness (QED) is 0.729. The van der Waals surface area contributed by atoms with Crippen LogP contribution in [0.4, 0.5) is 0 Å². The van der Waals surface area contributed by atoms with Crippen molar-refractivity contribution in [2.24, 2.45) is 5.92 Å². The molecule has 0 N–H and O–H groups in total. The molecule has 104 valence electrons. The molecule has 1 rings (SSSR count). The zero-order valence-electron chi connectivity index (χ0n) is 11.8. The summed E-state index contributed by atoms with van der Waals surface area (Å²) in [6.45, 7) is 7.51. The Kier molecular flexibility index (Phi) is 5.17. The van der Waals surface area contributed by atoms with E-state index in [0.717, 1.165) is 19.3 Å². The Morgan fingerprint density at radius 1 is 1.50 bits per heavy atom. The van der Waals surface area contributed by atoms with E-state index < -0.39 is 17.7 Å². The highest BCUT2D eigenvalue weighted by Crippen LogP contribution is 2.25. The lowest BCUT2D eigenvalue weighted by Crippen LogP contribution is -2.39. The van der Waals surface area contributed by atoms with Crippen LogP contribution in [0.15, 0.2) is 0 Å². The molecule has 1 heterocycles. The lowest BCUT2D eigenvalue weighted by atomic mass is 9.97. The summed E-state index contributed by atoms with van der Waals surface area (Å²) in [5, 5.41) is 0. The number of hydrogen-bond donors (Lipinski definition) is 0. The molecule has 0 aromatic rings. The summed E-state index contributed by atoms with van der Waals surface area (Å²) in [6.07, 6.45) is 3.27. The number of hydrogen-bond acceptors (Lipinski definition) is 4. The van der Waals surface area contributed by atoms with Crippen LogP contribution in [0.5, 0.6) is 0 Å². The first-order valence-corrected chi connectivity index (χ1v) is 6.79. The summed E-state index contributed by atoms with van der Waals surface area (Å²) in [6, 6.07) is 0. The molecular formula is C14H24O4. The number of ether oxygens (including phenoxy) is 2. The zero-order valence-corrected chi connectivity index (χ0v) is 11.8. The standard InChI is InChI=1S/C14H24O4/c1-5-10(2)12(15)17-11-8-6-7-9-14(3,4)18-13(11)16/h10-11H,5-9H2,1-4H3. The molecule has 0 amide bonds. The predicted octanol–water partition coefficient (Wildman–Crippen LogP) is 2.84. The van der Waals surface area contributed by atoms with Crippen LogP contribution in [0, 0.1) is 5.92 Å². The summed E-state index contributed by atoms with van der Waals surface area (Å²) in [4.78, 5) is 23.6. The zero-order chi connectivity index (χ0) is 13.8. The van der Waals surface area contributed by atoms with Crippen molar-refractivity contribution in [3.63, 3.8) is 0 Å². The van der Waals surface area contributed by atoms with Gasteiger partial charge in [-0.05, 0) is 46.0 Å². The topological polar surface area (TPSA) is 52.6 Å². The van der Waals surface area contributed by atoms with Gasteiger partial charge in [0.05, 0.1) is 5.92 Å². The molecule has 0 radical (unpaired) electrons. The van der Waals surface area contributed by atoms with Gasteiger partial charge in [0.1, 0.15) is 5.60 Å². The molecule has 0 aliphatic carbocycles. The molecular weight excluding hydrogens is 232 g/mol. The summed E-state index contributed by atoms with van der Waals surface area (Å²) >= 11 is 0. The number of rotatable bonds is 3. The van der Waals surface area contributed by atoms with E-state index in [9.17, 15) is 9.59 Å². The summed E-state index contributed by atoms with van der Waals surface area (Å²) in [5.74, 6) is -0.884. The Bertz CT molecular complexity index is 309. The van der Waals surface area contributed by atoms with E-state index in [4.69, 9.17) is 9.47 Å². The molecule has 0 spiro atoms. The Balaban J connectivity index is 2.63. The van der Waals surface area contributed by atoms with Crippen molar-refractivity contribution in [3.05, 3.63) is 0 Å². The molecule has 0 saturated carbocycles. The fraction of sp³-hybridized carbons (Fsp3) is 0.857. The van der Waals surface area contributed by atoms with Crippen LogP contribution in [0.25, 0.3) is 0 Å². The Morgan fingerprint density at radius 3 is 2.78 bits per heavy atom. The van der Waals surface area contributed by atoms with Gasteiger partial charge in [-0.1, -0.05) is 13.8 Å². The monoisotopic (exact) mass is 256 g/mol. The van der Waals surface area contributed by atoms with Crippen LogP contribution >= 0.6 is 0 Å². The van der Waals surface area contributed by atoms with E-state index in [1.807, 2.05) is 20.8 Å². The second kappa shape index (κ2) is 6.21. The lowest BCUT2D eigenvalue weighted by molar-refractivity contribution is -0.181. The first-order chi connectivity index (χ1) is 8.35. The van der Waals surface area contributed by atoms with Gasteiger partial charge in [-0.2, -0.15) is 0 Å². The fourth-order valence-corrected chi connectivity index (χ4v) is 1.92. The van der Waals surface area contributed by atoms with Crippen LogP contribution in [0.2, 0.25) is 0 Å². The maximum Gasteiger partial charge on any atom is 0.347 e. The lowest BCUT2D eigenvalue weighted by Gasteiger charge is -2.30. The van der Waals surface area contributed by atoms with Gasteiger partial charge in [0.2, 0.25) is 0 Å². The molecule has 1 fully saturated rings. The molecule has 0 bridgehead atoms. The van der Waals surface area contributed by atoms with Gasteiger partial charge in [0, 0.05) is 0 Å². The van der Waals surface area contributed by atoms with E-state index in [0.29, 0.717) is 12.8 Å². The highest BCUT2D eigenvalue weighted by atomic mass is 16.6. The molecule has 0 aromatic carbocycles.